The molecule has 14 heavy (non-hydrogen) atoms. The number of isocyanates is 1. The van der Waals surface area contributed by atoms with Crippen LogP contribution in [-0.2, 0) is 10.3 Å². The summed E-state index contributed by atoms with van der Waals surface area (Å²) in [5.74, 6) is 0.449. The molecule has 0 aromatic carbocycles. The summed E-state index contributed by atoms with van der Waals surface area (Å²) in [5, 5.41) is 3.13. The van der Waals surface area contributed by atoms with E-state index in [1.807, 2.05) is 5.38 Å². The minimum Gasteiger partial charge on any atom is -0.243 e. The first-order chi connectivity index (χ1) is 6.68. The fourth-order valence-electron chi connectivity index (χ4n) is 1.40. The number of aromatic nitrogens is 1. The summed E-state index contributed by atoms with van der Waals surface area (Å²) >= 11 is 1.65. The van der Waals surface area contributed by atoms with Crippen LogP contribution in [0.25, 0.3) is 0 Å². The third-order valence-corrected chi connectivity index (χ3v) is 3.62. The lowest BCUT2D eigenvalue weighted by Gasteiger charge is -2.02. The van der Waals surface area contributed by atoms with Gasteiger partial charge in [0.25, 0.3) is 0 Å². The molecule has 1 fully saturated rings. The second-order valence-corrected chi connectivity index (χ2v) is 4.85. The molecule has 1 aliphatic rings. The lowest BCUT2D eigenvalue weighted by atomic mass is 10.2. The Labute approximate surface area is 86.9 Å². The predicted molar refractivity (Wildman–Crippen MR) is 55.2 cm³/mol. The molecule has 4 heteroatoms. The van der Waals surface area contributed by atoms with Crippen LogP contribution in [0.4, 0.5) is 0 Å². The number of rotatable bonds is 3. The Morgan fingerprint density at radius 3 is 2.79 bits per heavy atom. The second-order valence-electron chi connectivity index (χ2n) is 3.96. The average molecular weight is 208 g/mol. The Morgan fingerprint density at radius 2 is 2.36 bits per heavy atom. The zero-order chi connectivity index (χ0) is 10.2. The van der Waals surface area contributed by atoms with Crippen molar-refractivity contribution in [1.29, 1.82) is 0 Å². The van der Waals surface area contributed by atoms with Crippen LogP contribution in [-0.4, -0.2) is 11.1 Å². The molecule has 3 nitrogen and oxygen atoms in total. The van der Waals surface area contributed by atoms with Gasteiger partial charge in [-0.2, -0.15) is 4.99 Å². The summed E-state index contributed by atoms with van der Waals surface area (Å²) in [4.78, 5) is 18.6. The highest BCUT2D eigenvalue weighted by Crippen LogP contribution is 2.49. The van der Waals surface area contributed by atoms with Gasteiger partial charge in [-0.1, -0.05) is 13.8 Å². The Balaban J connectivity index is 2.29. The van der Waals surface area contributed by atoms with Crippen molar-refractivity contribution in [1.82, 2.24) is 4.98 Å². The summed E-state index contributed by atoms with van der Waals surface area (Å²) < 4.78 is 0. The van der Waals surface area contributed by atoms with Crippen molar-refractivity contribution in [3.05, 3.63) is 16.1 Å². The first-order valence-corrected chi connectivity index (χ1v) is 5.61. The van der Waals surface area contributed by atoms with Crippen molar-refractivity contribution in [3.63, 3.8) is 0 Å². The van der Waals surface area contributed by atoms with E-state index in [1.165, 1.54) is 0 Å². The van der Waals surface area contributed by atoms with Gasteiger partial charge in [-0.05, 0) is 12.8 Å². The van der Waals surface area contributed by atoms with Crippen molar-refractivity contribution in [2.75, 3.05) is 0 Å². The number of nitrogens with zero attached hydrogens (tertiary/aromatic N) is 2. The maximum absolute atomic E-state index is 10.3. The second kappa shape index (κ2) is 3.30. The standard InChI is InChI=1S/C10H12N2OS/c1-7(2)9-12-8(5-14-9)10(3-4-10)11-6-13/h5,7H,3-4H2,1-2H3. The molecule has 0 bridgehead atoms. The van der Waals surface area contributed by atoms with E-state index in [9.17, 15) is 4.79 Å². The van der Waals surface area contributed by atoms with Crippen molar-refractivity contribution in [3.8, 4) is 0 Å². The summed E-state index contributed by atoms with van der Waals surface area (Å²) in [6.07, 6.45) is 3.52. The predicted octanol–water partition coefficient (Wildman–Crippen LogP) is 2.59. The molecular weight excluding hydrogens is 196 g/mol. The third-order valence-electron chi connectivity index (χ3n) is 2.48. The molecule has 0 radical (unpaired) electrons. The molecule has 1 saturated carbocycles. The van der Waals surface area contributed by atoms with E-state index in [1.54, 1.807) is 17.4 Å². The zero-order valence-electron chi connectivity index (χ0n) is 8.28. The minimum absolute atomic E-state index is 0.300. The molecule has 1 heterocycles. The van der Waals surface area contributed by atoms with E-state index in [-0.39, 0.29) is 5.54 Å². The smallest absolute Gasteiger partial charge is 0.235 e. The molecule has 0 unspecified atom stereocenters. The lowest BCUT2D eigenvalue weighted by Crippen LogP contribution is -2.03. The zero-order valence-corrected chi connectivity index (χ0v) is 9.10. The van der Waals surface area contributed by atoms with E-state index in [0.717, 1.165) is 23.5 Å². The fraction of sp³-hybridized carbons (Fsp3) is 0.600. The van der Waals surface area contributed by atoms with Gasteiger partial charge in [0.15, 0.2) is 0 Å². The topological polar surface area (TPSA) is 42.3 Å². The summed E-state index contributed by atoms with van der Waals surface area (Å²) in [7, 11) is 0. The minimum atomic E-state index is -0.300. The van der Waals surface area contributed by atoms with Gasteiger partial charge in [-0.15, -0.1) is 11.3 Å². The number of carbonyl (C=O) groups excluding carboxylic acids is 1. The average Bonchev–Trinajstić information content (AvgIpc) is 2.77. The summed E-state index contributed by atoms with van der Waals surface area (Å²) in [5.41, 5.74) is 0.653. The van der Waals surface area contributed by atoms with Crippen LogP contribution in [0.2, 0.25) is 0 Å². The largest absolute Gasteiger partial charge is 0.243 e. The first kappa shape index (κ1) is 9.56. The Morgan fingerprint density at radius 1 is 1.64 bits per heavy atom. The van der Waals surface area contributed by atoms with Gasteiger partial charge in [0, 0.05) is 11.3 Å². The molecule has 0 atom stereocenters. The summed E-state index contributed by atoms with van der Waals surface area (Å²) in [6, 6.07) is 0. The van der Waals surface area contributed by atoms with Crippen LogP contribution in [0.3, 0.4) is 0 Å². The molecule has 0 spiro atoms. The molecule has 0 aliphatic heterocycles. The van der Waals surface area contributed by atoms with Crippen LogP contribution >= 0.6 is 11.3 Å². The van der Waals surface area contributed by atoms with Crippen LogP contribution in [0.5, 0.6) is 0 Å². The van der Waals surface area contributed by atoms with Gasteiger partial charge in [-0.25, -0.2) is 9.78 Å². The van der Waals surface area contributed by atoms with Gasteiger partial charge in [0.05, 0.1) is 10.7 Å². The van der Waals surface area contributed by atoms with Gasteiger partial charge < -0.3 is 0 Å². The number of aliphatic imine (C=N–C) groups is 1. The molecule has 1 aromatic heterocycles. The molecule has 0 saturated heterocycles. The molecule has 0 N–H and O–H groups in total. The molecule has 74 valence electrons. The van der Waals surface area contributed by atoms with E-state index in [2.05, 4.69) is 23.8 Å². The maximum Gasteiger partial charge on any atom is 0.235 e. The Bertz CT molecular complexity index is 387. The number of hydrogen-bond donors (Lipinski definition) is 0. The van der Waals surface area contributed by atoms with Gasteiger partial charge in [0.1, 0.15) is 5.54 Å². The van der Waals surface area contributed by atoms with Crippen molar-refractivity contribution >= 4 is 17.4 Å². The molecule has 2 rings (SSSR count). The van der Waals surface area contributed by atoms with Gasteiger partial charge in [-0.3, -0.25) is 0 Å². The van der Waals surface area contributed by atoms with Crippen LogP contribution < -0.4 is 0 Å². The SMILES string of the molecule is CC(C)c1nc(C2(N=C=O)CC2)cs1. The number of thiazole rings is 1. The van der Waals surface area contributed by atoms with Crippen LogP contribution in [0, 0.1) is 0 Å². The van der Waals surface area contributed by atoms with E-state index in [0.29, 0.717) is 5.92 Å². The quantitative estimate of drug-likeness (QED) is 0.566. The van der Waals surface area contributed by atoms with E-state index in [4.69, 9.17) is 0 Å². The van der Waals surface area contributed by atoms with Crippen LogP contribution in [0.15, 0.2) is 10.4 Å². The van der Waals surface area contributed by atoms with Crippen LogP contribution in [0.1, 0.15) is 43.3 Å². The monoisotopic (exact) mass is 208 g/mol. The third kappa shape index (κ3) is 1.51. The van der Waals surface area contributed by atoms with E-state index < -0.39 is 0 Å². The molecular formula is C10H12N2OS. The molecule has 0 amide bonds. The Hall–Kier alpha value is -0.990. The lowest BCUT2D eigenvalue weighted by molar-refractivity contribution is 0.555. The maximum atomic E-state index is 10.3. The Kier molecular flexibility index (Phi) is 2.25. The normalized spacial score (nSPS) is 17.9. The van der Waals surface area contributed by atoms with Gasteiger partial charge >= 0.3 is 0 Å². The van der Waals surface area contributed by atoms with Crippen molar-refractivity contribution < 1.29 is 4.79 Å². The highest BCUT2D eigenvalue weighted by atomic mass is 32.1. The first-order valence-electron chi connectivity index (χ1n) is 4.73. The molecule has 1 aliphatic carbocycles. The fourth-order valence-corrected chi connectivity index (χ4v) is 2.33. The van der Waals surface area contributed by atoms with Gasteiger partial charge in [0.2, 0.25) is 6.08 Å². The van der Waals surface area contributed by atoms with E-state index >= 15 is 0 Å². The van der Waals surface area contributed by atoms with Crippen molar-refractivity contribution in [2.45, 2.75) is 38.1 Å². The highest BCUT2D eigenvalue weighted by molar-refractivity contribution is 7.09. The summed E-state index contributed by atoms with van der Waals surface area (Å²) in [6.45, 7) is 4.23. The van der Waals surface area contributed by atoms with Crippen molar-refractivity contribution in [2.24, 2.45) is 4.99 Å². The molecule has 1 aromatic rings. The highest BCUT2D eigenvalue weighted by Gasteiger charge is 2.46. The number of hydrogen-bond acceptors (Lipinski definition) is 4.